The van der Waals surface area contributed by atoms with Gasteiger partial charge in [0.05, 0.1) is 13.2 Å². The number of aliphatic imine (C=N–C) groups is 1. The lowest BCUT2D eigenvalue weighted by atomic mass is 9.64. The standard InChI is InChI=1S/C21H34N4O/c1-17(25-12-13-26-15-18(25)2)14-23-20(22-3)24-16-21(10-7-11-21)19-8-5-4-6-9-19/h4-6,8-9,17-18H,7,10-16H2,1-3H3,(H2,22,23,24). The van der Waals surface area contributed by atoms with Gasteiger partial charge in [-0.2, -0.15) is 0 Å². The fourth-order valence-corrected chi connectivity index (χ4v) is 4.19. The minimum atomic E-state index is 0.267. The molecule has 0 spiro atoms. The maximum absolute atomic E-state index is 5.55. The van der Waals surface area contributed by atoms with E-state index in [1.54, 1.807) is 0 Å². The van der Waals surface area contributed by atoms with Crippen LogP contribution in [0.4, 0.5) is 0 Å². The first-order valence-electron chi connectivity index (χ1n) is 9.98. The highest BCUT2D eigenvalue weighted by molar-refractivity contribution is 5.79. The number of benzene rings is 1. The molecule has 1 aliphatic carbocycles. The molecule has 5 heteroatoms. The Kier molecular flexibility index (Phi) is 6.54. The Morgan fingerprint density at radius 2 is 2.08 bits per heavy atom. The summed E-state index contributed by atoms with van der Waals surface area (Å²) >= 11 is 0. The largest absolute Gasteiger partial charge is 0.379 e. The molecule has 2 fully saturated rings. The van der Waals surface area contributed by atoms with Crippen LogP contribution in [0.5, 0.6) is 0 Å². The summed E-state index contributed by atoms with van der Waals surface area (Å²) in [5.41, 5.74) is 1.72. The Bertz CT molecular complexity index is 585. The lowest BCUT2D eigenvalue weighted by Gasteiger charge is -2.43. The second-order valence-corrected chi connectivity index (χ2v) is 7.82. The molecule has 2 atom stereocenters. The van der Waals surface area contributed by atoms with E-state index >= 15 is 0 Å². The van der Waals surface area contributed by atoms with Crippen molar-refractivity contribution in [1.29, 1.82) is 0 Å². The van der Waals surface area contributed by atoms with E-state index in [2.05, 4.69) is 64.7 Å². The van der Waals surface area contributed by atoms with E-state index in [0.29, 0.717) is 12.1 Å². The van der Waals surface area contributed by atoms with Crippen LogP contribution < -0.4 is 10.6 Å². The Labute approximate surface area is 158 Å². The zero-order valence-corrected chi connectivity index (χ0v) is 16.5. The SMILES string of the molecule is CN=C(NCC(C)N1CCOCC1C)NCC1(c2ccccc2)CCC1. The fraction of sp³-hybridized carbons (Fsp3) is 0.667. The van der Waals surface area contributed by atoms with Crippen LogP contribution in [0.15, 0.2) is 35.3 Å². The highest BCUT2D eigenvalue weighted by Gasteiger charge is 2.38. The van der Waals surface area contributed by atoms with Gasteiger partial charge in [0.25, 0.3) is 0 Å². The van der Waals surface area contributed by atoms with Gasteiger partial charge in [-0.1, -0.05) is 36.8 Å². The van der Waals surface area contributed by atoms with Crippen molar-refractivity contribution in [2.75, 3.05) is 39.9 Å². The zero-order valence-electron chi connectivity index (χ0n) is 16.5. The Balaban J connectivity index is 1.50. The average molecular weight is 359 g/mol. The second-order valence-electron chi connectivity index (χ2n) is 7.82. The van der Waals surface area contributed by atoms with Gasteiger partial charge in [0.1, 0.15) is 0 Å². The summed E-state index contributed by atoms with van der Waals surface area (Å²) < 4.78 is 5.55. The molecule has 26 heavy (non-hydrogen) atoms. The number of nitrogens with one attached hydrogen (secondary N) is 2. The summed E-state index contributed by atoms with van der Waals surface area (Å²) in [7, 11) is 1.85. The molecule has 1 aromatic rings. The number of hydrogen-bond donors (Lipinski definition) is 2. The molecular weight excluding hydrogens is 324 g/mol. The van der Waals surface area contributed by atoms with Crippen LogP contribution in [-0.2, 0) is 10.2 Å². The summed E-state index contributed by atoms with van der Waals surface area (Å²) in [6, 6.07) is 11.8. The van der Waals surface area contributed by atoms with Crippen molar-refractivity contribution in [2.45, 2.75) is 50.6 Å². The minimum Gasteiger partial charge on any atom is -0.379 e. The van der Waals surface area contributed by atoms with E-state index in [1.165, 1.54) is 24.8 Å². The summed E-state index contributed by atoms with van der Waals surface area (Å²) in [5, 5.41) is 7.09. The lowest BCUT2D eigenvalue weighted by Crippen LogP contribution is -2.54. The van der Waals surface area contributed by atoms with Crippen LogP contribution in [0.2, 0.25) is 0 Å². The Hall–Kier alpha value is -1.59. The second kappa shape index (κ2) is 8.87. The number of guanidine groups is 1. The van der Waals surface area contributed by atoms with Crippen LogP contribution >= 0.6 is 0 Å². The molecule has 144 valence electrons. The monoisotopic (exact) mass is 358 g/mol. The van der Waals surface area contributed by atoms with Crippen molar-refractivity contribution in [1.82, 2.24) is 15.5 Å². The van der Waals surface area contributed by atoms with Crippen LogP contribution in [0.3, 0.4) is 0 Å². The molecule has 1 aromatic carbocycles. The number of nitrogens with zero attached hydrogens (tertiary/aromatic N) is 2. The topological polar surface area (TPSA) is 48.9 Å². The van der Waals surface area contributed by atoms with Crippen LogP contribution in [0.1, 0.15) is 38.7 Å². The molecule has 3 rings (SSSR count). The van der Waals surface area contributed by atoms with Crippen molar-refractivity contribution in [3.8, 4) is 0 Å². The van der Waals surface area contributed by atoms with Crippen LogP contribution in [0.25, 0.3) is 0 Å². The normalized spacial score (nSPS) is 24.6. The summed E-state index contributed by atoms with van der Waals surface area (Å²) in [6.45, 7) is 9.02. The van der Waals surface area contributed by atoms with E-state index in [9.17, 15) is 0 Å². The van der Waals surface area contributed by atoms with Crippen LogP contribution in [-0.4, -0.2) is 62.8 Å². The molecular formula is C21H34N4O. The van der Waals surface area contributed by atoms with Crippen LogP contribution in [0, 0.1) is 0 Å². The summed E-state index contributed by atoms with van der Waals surface area (Å²) in [6.07, 6.45) is 3.82. The molecule has 1 heterocycles. The molecule has 1 aliphatic heterocycles. The van der Waals surface area contributed by atoms with E-state index in [-0.39, 0.29) is 5.41 Å². The van der Waals surface area contributed by atoms with Gasteiger partial charge in [-0.15, -0.1) is 0 Å². The molecule has 5 nitrogen and oxygen atoms in total. The molecule has 0 amide bonds. The van der Waals surface area contributed by atoms with Gasteiger partial charge in [-0.05, 0) is 32.3 Å². The van der Waals surface area contributed by atoms with Gasteiger partial charge >= 0.3 is 0 Å². The summed E-state index contributed by atoms with van der Waals surface area (Å²) in [5.74, 6) is 0.903. The number of hydrogen-bond acceptors (Lipinski definition) is 3. The quantitative estimate of drug-likeness (QED) is 0.606. The predicted octanol–water partition coefficient (Wildman–Crippen LogP) is 2.38. The van der Waals surface area contributed by atoms with Gasteiger partial charge in [-0.25, -0.2) is 0 Å². The molecule has 2 N–H and O–H groups in total. The third-order valence-electron chi connectivity index (χ3n) is 6.06. The Morgan fingerprint density at radius 1 is 1.31 bits per heavy atom. The van der Waals surface area contributed by atoms with Crippen molar-refractivity contribution in [2.24, 2.45) is 4.99 Å². The minimum absolute atomic E-state index is 0.267. The third kappa shape index (κ3) is 4.38. The van der Waals surface area contributed by atoms with Gasteiger partial charge < -0.3 is 15.4 Å². The van der Waals surface area contributed by atoms with Crippen molar-refractivity contribution >= 4 is 5.96 Å². The zero-order chi connectivity index (χ0) is 18.4. The summed E-state index contributed by atoms with van der Waals surface area (Å²) in [4.78, 5) is 6.95. The first kappa shape index (κ1) is 19.2. The molecule has 1 saturated carbocycles. The highest BCUT2D eigenvalue weighted by Crippen LogP contribution is 2.43. The van der Waals surface area contributed by atoms with Crippen molar-refractivity contribution < 1.29 is 4.74 Å². The van der Waals surface area contributed by atoms with E-state index in [0.717, 1.165) is 38.8 Å². The van der Waals surface area contributed by atoms with Gasteiger partial charge in [0.2, 0.25) is 0 Å². The molecule has 0 bridgehead atoms. The average Bonchev–Trinajstić information content (AvgIpc) is 2.64. The number of ether oxygens (including phenoxy) is 1. The van der Waals surface area contributed by atoms with E-state index in [4.69, 9.17) is 4.74 Å². The van der Waals surface area contributed by atoms with Gasteiger partial charge in [0.15, 0.2) is 5.96 Å². The number of rotatable bonds is 6. The fourth-order valence-electron chi connectivity index (χ4n) is 4.19. The maximum atomic E-state index is 5.55. The van der Waals surface area contributed by atoms with Crippen molar-refractivity contribution in [3.05, 3.63) is 35.9 Å². The first-order valence-corrected chi connectivity index (χ1v) is 9.98. The highest BCUT2D eigenvalue weighted by atomic mass is 16.5. The smallest absolute Gasteiger partial charge is 0.191 e. The third-order valence-corrected chi connectivity index (χ3v) is 6.06. The van der Waals surface area contributed by atoms with E-state index < -0.39 is 0 Å². The molecule has 1 saturated heterocycles. The molecule has 2 aliphatic rings. The number of morpholine rings is 1. The van der Waals surface area contributed by atoms with E-state index in [1.807, 2.05) is 7.05 Å². The lowest BCUT2D eigenvalue weighted by molar-refractivity contribution is -0.0174. The molecule has 0 radical (unpaired) electrons. The van der Waals surface area contributed by atoms with Gasteiger partial charge in [-0.3, -0.25) is 9.89 Å². The molecule has 0 aromatic heterocycles. The Morgan fingerprint density at radius 3 is 2.69 bits per heavy atom. The van der Waals surface area contributed by atoms with Gasteiger partial charge in [0, 0.05) is 44.2 Å². The maximum Gasteiger partial charge on any atom is 0.191 e. The van der Waals surface area contributed by atoms with Crippen molar-refractivity contribution in [3.63, 3.8) is 0 Å². The predicted molar refractivity (Wildman–Crippen MR) is 108 cm³/mol. The first-order chi connectivity index (χ1) is 12.6. The molecule has 2 unspecified atom stereocenters.